The molecule has 0 aliphatic carbocycles. The van der Waals surface area contributed by atoms with E-state index in [-0.39, 0.29) is 6.09 Å². The number of pyridine rings is 1. The predicted molar refractivity (Wildman–Crippen MR) is 245 cm³/mol. The molecule has 4 aliphatic heterocycles. The zero-order valence-electron chi connectivity index (χ0n) is 41.0. The van der Waals surface area contributed by atoms with E-state index in [1.54, 1.807) is 29.7 Å². The predicted octanol–water partition coefficient (Wildman–Crippen LogP) is 7.88. The van der Waals surface area contributed by atoms with Crippen LogP contribution in [0.3, 0.4) is 0 Å². The fourth-order valence-electron chi connectivity index (χ4n) is 6.27. The number of carbonyl (C=O) groups is 4. The molecular formula is C46H70BN5O13. The number of nitrogens with zero attached hydrogens (tertiary/aromatic N) is 4. The molecule has 0 spiro atoms. The molecule has 0 bridgehead atoms. The van der Waals surface area contributed by atoms with Crippen molar-refractivity contribution in [3.8, 4) is 0 Å². The summed E-state index contributed by atoms with van der Waals surface area (Å²) in [6, 6.07) is 1.83. The van der Waals surface area contributed by atoms with Crippen molar-refractivity contribution in [2.45, 2.75) is 125 Å². The minimum Gasteiger partial charge on any atom is -0.465 e. The van der Waals surface area contributed by atoms with Crippen molar-refractivity contribution in [2.24, 2.45) is 0 Å². The quantitative estimate of drug-likeness (QED) is 0.178. The van der Waals surface area contributed by atoms with E-state index in [0.29, 0.717) is 76.0 Å². The maximum Gasteiger partial charge on any atom is 0.494 e. The summed E-state index contributed by atoms with van der Waals surface area (Å²) in [6.07, 6.45) is 7.28. The van der Waals surface area contributed by atoms with Gasteiger partial charge in [-0.15, -0.1) is 0 Å². The lowest BCUT2D eigenvalue weighted by molar-refractivity contribution is 0.00578. The molecule has 0 saturated carbocycles. The summed E-state index contributed by atoms with van der Waals surface area (Å²) < 4.78 is 49.6. The zero-order chi connectivity index (χ0) is 48.5. The van der Waals surface area contributed by atoms with Crippen molar-refractivity contribution in [1.82, 2.24) is 24.7 Å². The molecule has 3 amide bonds. The van der Waals surface area contributed by atoms with Crippen molar-refractivity contribution >= 4 is 47.8 Å². The molecular weight excluding hydrogens is 841 g/mol. The number of carbonyl (C=O) groups excluding carboxylic acids is 4. The number of amides is 3. The second-order valence-corrected chi connectivity index (χ2v) is 19.9. The lowest BCUT2D eigenvalue weighted by atomic mass is 9.79. The van der Waals surface area contributed by atoms with Gasteiger partial charge in [0.1, 0.15) is 22.4 Å². The summed E-state index contributed by atoms with van der Waals surface area (Å²) in [4.78, 5) is 60.5. The van der Waals surface area contributed by atoms with E-state index < -0.39 is 53.3 Å². The number of esters is 1. The second kappa shape index (κ2) is 21.6. The first kappa shape index (κ1) is 52.7. The average molecular weight is 912 g/mol. The Labute approximate surface area is 384 Å². The van der Waals surface area contributed by atoms with Gasteiger partial charge in [-0.1, -0.05) is 0 Å². The average Bonchev–Trinajstić information content (AvgIpc) is 3.40. The number of H-pyrrole nitrogens is 1. The smallest absolute Gasteiger partial charge is 0.465 e. The molecule has 2 aromatic heterocycles. The van der Waals surface area contributed by atoms with Crippen LogP contribution in [-0.2, 0) is 42.5 Å². The largest absolute Gasteiger partial charge is 0.494 e. The van der Waals surface area contributed by atoms with Crippen LogP contribution in [-0.4, -0.2) is 150 Å². The number of hydrogen-bond donors (Lipinski definition) is 1. The molecule has 0 unspecified atom stereocenters. The molecule has 2 aromatic rings. The highest BCUT2D eigenvalue weighted by Gasteiger charge is 2.52. The third kappa shape index (κ3) is 15.6. The molecule has 0 atom stereocenters. The van der Waals surface area contributed by atoms with Gasteiger partial charge >= 0.3 is 31.4 Å². The van der Waals surface area contributed by atoms with Crippen molar-refractivity contribution in [2.75, 3.05) is 66.4 Å². The Morgan fingerprint density at radius 2 is 1.15 bits per heavy atom. The summed E-state index contributed by atoms with van der Waals surface area (Å²) in [5.41, 5.74) is 1.70. The fourth-order valence-corrected chi connectivity index (χ4v) is 6.27. The number of ether oxygens (including phenoxy) is 7. The fraction of sp³-hybridized carbons (Fsp3) is 0.630. The molecule has 6 rings (SSSR count). The Morgan fingerprint density at radius 3 is 1.65 bits per heavy atom. The number of aromatic nitrogens is 2. The highest BCUT2D eigenvalue weighted by atomic mass is 16.7. The third-order valence-corrected chi connectivity index (χ3v) is 10.0. The highest BCUT2D eigenvalue weighted by Crippen LogP contribution is 2.39. The number of hydrogen-bond acceptors (Lipinski definition) is 14. The zero-order valence-corrected chi connectivity index (χ0v) is 41.0. The van der Waals surface area contributed by atoms with Gasteiger partial charge in [0.2, 0.25) is 0 Å². The molecule has 1 fully saturated rings. The van der Waals surface area contributed by atoms with Gasteiger partial charge in [0.15, 0.2) is 0 Å². The van der Waals surface area contributed by atoms with Crippen molar-refractivity contribution in [3.05, 3.63) is 59.4 Å². The van der Waals surface area contributed by atoms with Gasteiger partial charge in [-0.2, -0.15) is 0 Å². The molecule has 360 valence electrons. The SMILES string of the molecule is CC(C)(C)OC(=O)N1C=C(B2OC(C)(C)C(C)(C)O2)COCC1.CC1=CN(C(=O)OC(C)(C)C)CCOC1.COC(=O)c1cnc(C2=CN(C(=O)OC(C)(C)C)CCOC2)c2cc[nH]c12. The van der Waals surface area contributed by atoms with Gasteiger partial charge in [-0.3, -0.25) is 19.7 Å². The van der Waals surface area contributed by atoms with Crippen molar-refractivity contribution in [3.63, 3.8) is 0 Å². The van der Waals surface area contributed by atoms with Gasteiger partial charge in [-0.05, 0) is 109 Å². The highest BCUT2D eigenvalue weighted by molar-refractivity contribution is 6.54. The van der Waals surface area contributed by atoms with Crippen LogP contribution in [0.25, 0.3) is 16.5 Å². The standard InChI is InChI=1S/C19H23N3O5.C16H28BNO5.C11H19NO3/c1-19(2,3)27-18(24)22-7-8-26-11-12(10-22)15-13-5-6-20-16(13)14(9-21-15)17(23)25-4;1-14(2,3)21-13(19)18-8-9-20-11-12(10-18)17-22-15(4,5)16(6,7)23-17;1-9-7-12(5-6-14-8-9)10(13)15-11(2,3)4/h5-6,9-10,20H,7-8,11H2,1-4H3;10H,8-9,11H2,1-7H3;7H,5-6,8H2,1-4H3. The number of nitrogens with one attached hydrogen (secondary N) is 1. The Kier molecular flexibility index (Phi) is 17.5. The van der Waals surface area contributed by atoms with E-state index in [9.17, 15) is 19.2 Å². The summed E-state index contributed by atoms with van der Waals surface area (Å²) in [6.45, 7) is 30.5. The molecule has 18 nitrogen and oxygen atoms in total. The van der Waals surface area contributed by atoms with Crippen LogP contribution in [0.4, 0.5) is 14.4 Å². The number of methoxy groups -OCH3 is 1. The van der Waals surface area contributed by atoms with E-state index in [1.807, 2.05) is 103 Å². The van der Waals surface area contributed by atoms with Crippen LogP contribution in [0.15, 0.2) is 48.1 Å². The minimum absolute atomic E-state index is 0.296. The Hall–Kier alpha value is -4.95. The van der Waals surface area contributed by atoms with Crippen LogP contribution >= 0.6 is 0 Å². The Morgan fingerprint density at radius 1 is 0.692 bits per heavy atom. The molecule has 0 radical (unpaired) electrons. The maximum absolute atomic E-state index is 12.5. The van der Waals surface area contributed by atoms with Crippen LogP contribution in [0.2, 0.25) is 0 Å². The summed E-state index contributed by atoms with van der Waals surface area (Å²) >= 11 is 0. The van der Waals surface area contributed by atoms with Gasteiger partial charge < -0.3 is 47.5 Å². The summed E-state index contributed by atoms with van der Waals surface area (Å²) in [7, 11) is 0.800. The summed E-state index contributed by atoms with van der Waals surface area (Å²) in [5, 5.41) is 0.749. The topological polar surface area (TPSA) is 190 Å². The van der Waals surface area contributed by atoms with Gasteiger partial charge in [0.25, 0.3) is 0 Å². The van der Waals surface area contributed by atoms with E-state index in [1.165, 1.54) is 23.1 Å². The van der Waals surface area contributed by atoms with Crippen LogP contribution in [0, 0.1) is 0 Å². The lowest BCUT2D eigenvalue weighted by Gasteiger charge is -2.32. The molecule has 6 heterocycles. The summed E-state index contributed by atoms with van der Waals surface area (Å²) in [5.74, 6) is -0.469. The van der Waals surface area contributed by atoms with E-state index in [2.05, 4.69) is 9.97 Å². The first-order chi connectivity index (χ1) is 30.1. The molecule has 4 aliphatic rings. The Bertz CT molecular complexity index is 2080. The number of rotatable bonds is 3. The first-order valence-corrected chi connectivity index (χ1v) is 21.8. The van der Waals surface area contributed by atoms with E-state index >= 15 is 0 Å². The normalized spacial score (nSPS) is 19.1. The molecule has 1 saturated heterocycles. The van der Waals surface area contributed by atoms with Crippen LogP contribution < -0.4 is 0 Å². The lowest BCUT2D eigenvalue weighted by Crippen LogP contribution is -2.41. The van der Waals surface area contributed by atoms with Crippen LogP contribution in [0.5, 0.6) is 0 Å². The maximum atomic E-state index is 12.5. The van der Waals surface area contributed by atoms with Gasteiger partial charge in [0, 0.05) is 47.4 Å². The monoisotopic (exact) mass is 912 g/mol. The molecule has 0 aromatic carbocycles. The Balaban J connectivity index is 0.000000222. The third-order valence-electron chi connectivity index (χ3n) is 10.0. The molecule has 19 heteroatoms. The first-order valence-electron chi connectivity index (χ1n) is 21.8. The van der Waals surface area contributed by atoms with Gasteiger partial charge in [0.05, 0.1) is 88.8 Å². The molecule has 1 N–H and O–H groups in total. The molecule has 65 heavy (non-hydrogen) atoms. The van der Waals surface area contributed by atoms with E-state index in [4.69, 9.17) is 42.5 Å². The minimum atomic E-state index is -0.591. The van der Waals surface area contributed by atoms with Crippen molar-refractivity contribution in [1.29, 1.82) is 0 Å². The van der Waals surface area contributed by atoms with Crippen LogP contribution in [0.1, 0.15) is 113 Å². The number of fused-ring (bicyclic) bond motifs is 1. The van der Waals surface area contributed by atoms with E-state index in [0.717, 1.165) is 22.0 Å². The number of aromatic amines is 1. The second-order valence-electron chi connectivity index (χ2n) is 19.9. The van der Waals surface area contributed by atoms with Crippen molar-refractivity contribution < 1.29 is 61.6 Å². The van der Waals surface area contributed by atoms with Gasteiger partial charge in [-0.25, -0.2) is 19.2 Å².